The van der Waals surface area contributed by atoms with Gasteiger partial charge in [0.2, 0.25) is 0 Å². The molecule has 7 heteroatoms. The van der Waals surface area contributed by atoms with E-state index < -0.39 is 9.84 Å². The fraction of sp³-hybridized carbons (Fsp3) is 0.500. The normalized spacial score (nSPS) is 16.5. The van der Waals surface area contributed by atoms with Crippen LogP contribution in [0.3, 0.4) is 0 Å². The lowest BCUT2D eigenvalue weighted by Gasteiger charge is -2.15. The van der Waals surface area contributed by atoms with E-state index in [2.05, 4.69) is 5.32 Å². The number of carbonyl (C=O) groups excluding carboxylic acids is 1. The first-order chi connectivity index (χ1) is 9.90. The molecule has 0 saturated heterocycles. The predicted molar refractivity (Wildman–Crippen MR) is 82.2 cm³/mol. The van der Waals surface area contributed by atoms with Crippen molar-refractivity contribution in [3.63, 3.8) is 0 Å². The van der Waals surface area contributed by atoms with Crippen molar-refractivity contribution in [2.24, 2.45) is 0 Å². The molecule has 1 unspecified atom stereocenters. The zero-order chi connectivity index (χ0) is 15.5. The number of methoxy groups -OCH3 is 1. The fourth-order valence-electron chi connectivity index (χ4n) is 1.82. The highest BCUT2D eigenvalue weighted by atomic mass is 32.2. The smallest absolute Gasteiger partial charge is 0.323 e. The minimum absolute atomic E-state index is 0.262. The van der Waals surface area contributed by atoms with Gasteiger partial charge in [-0.05, 0) is 37.1 Å². The fourth-order valence-corrected chi connectivity index (χ4v) is 3.37. The Balaban J connectivity index is 1.95. The third-order valence-corrected chi connectivity index (χ3v) is 5.40. The van der Waals surface area contributed by atoms with Crippen molar-refractivity contribution >= 4 is 27.6 Å². The van der Waals surface area contributed by atoms with Crippen LogP contribution in [0.4, 0.5) is 0 Å². The summed E-state index contributed by atoms with van der Waals surface area (Å²) < 4.78 is 27.6. The molecule has 116 valence electrons. The molecule has 1 aromatic rings. The van der Waals surface area contributed by atoms with Crippen molar-refractivity contribution < 1.29 is 17.9 Å². The van der Waals surface area contributed by atoms with Gasteiger partial charge in [0.1, 0.15) is 6.04 Å². The summed E-state index contributed by atoms with van der Waals surface area (Å²) in [6.07, 6.45) is 3.38. The maximum atomic E-state index is 11.7. The number of hydrogen-bond donors (Lipinski definition) is 1. The summed E-state index contributed by atoms with van der Waals surface area (Å²) in [7, 11) is -1.79. The van der Waals surface area contributed by atoms with Crippen LogP contribution in [0.5, 0.6) is 0 Å². The molecule has 1 saturated carbocycles. The Bertz CT molecular complexity index is 594. The van der Waals surface area contributed by atoms with Crippen molar-refractivity contribution in [1.82, 2.24) is 5.32 Å². The van der Waals surface area contributed by atoms with Crippen molar-refractivity contribution in [1.29, 1.82) is 0 Å². The largest absolute Gasteiger partial charge is 0.468 e. The third-order valence-electron chi connectivity index (χ3n) is 3.17. The Morgan fingerprint density at radius 3 is 2.48 bits per heavy atom. The molecule has 1 aliphatic rings. The van der Waals surface area contributed by atoms with Crippen LogP contribution in [0.15, 0.2) is 34.1 Å². The number of esters is 1. The van der Waals surface area contributed by atoms with Crippen LogP contribution in [-0.4, -0.2) is 45.6 Å². The molecule has 1 atom stereocenters. The van der Waals surface area contributed by atoms with Gasteiger partial charge >= 0.3 is 5.97 Å². The predicted octanol–water partition coefficient (Wildman–Crippen LogP) is 1.48. The molecule has 21 heavy (non-hydrogen) atoms. The summed E-state index contributed by atoms with van der Waals surface area (Å²) in [5.41, 5.74) is 0. The number of ether oxygens (including phenoxy) is 1. The van der Waals surface area contributed by atoms with Gasteiger partial charge in [-0.3, -0.25) is 4.79 Å². The molecule has 1 N–H and O–H groups in total. The van der Waals surface area contributed by atoms with Crippen LogP contribution >= 0.6 is 11.8 Å². The van der Waals surface area contributed by atoms with Crippen molar-refractivity contribution in [3.8, 4) is 0 Å². The first-order valence-electron chi connectivity index (χ1n) is 6.67. The molecule has 5 nitrogen and oxygen atoms in total. The summed E-state index contributed by atoms with van der Waals surface area (Å²) in [5.74, 6) is 0.295. The number of benzene rings is 1. The summed E-state index contributed by atoms with van der Waals surface area (Å²) in [6.45, 7) is 0. The quantitative estimate of drug-likeness (QED) is 0.603. The van der Waals surface area contributed by atoms with E-state index in [1.165, 1.54) is 25.1 Å². The van der Waals surface area contributed by atoms with E-state index in [4.69, 9.17) is 4.74 Å². The van der Waals surface area contributed by atoms with Gasteiger partial charge in [-0.25, -0.2) is 8.42 Å². The molecule has 1 aliphatic carbocycles. The summed E-state index contributed by atoms with van der Waals surface area (Å²) in [5, 5.41) is 3.26. The van der Waals surface area contributed by atoms with Gasteiger partial charge in [0.25, 0.3) is 0 Å². The van der Waals surface area contributed by atoms with Gasteiger partial charge in [0.15, 0.2) is 9.84 Å². The molecular formula is C14H19NO4S2. The van der Waals surface area contributed by atoms with E-state index in [1.54, 1.807) is 24.3 Å². The van der Waals surface area contributed by atoms with Gasteiger partial charge < -0.3 is 10.1 Å². The maximum absolute atomic E-state index is 11.7. The van der Waals surface area contributed by atoms with E-state index in [1.807, 2.05) is 0 Å². The van der Waals surface area contributed by atoms with E-state index in [-0.39, 0.29) is 12.0 Å². The van der Waals surface area contributed by atoms with Crippen LogP contribution in [0.2, 0.25) is 0 Å². The number of nitrogens with one attached hydrogen (secondary N) is 1. The number of hydrogen-bond acceptors (Lipinski definition) is 6. The number of rotatable bonds is 7. The van der Waals surface area contributed by atoms with E-state index >= 15 is 0 Å². The van der Waals surface area contributed by atoms with Gasteiger partial charge in [-0.1, -0.05) is 0 Å². The lowest BCUT2D eigenvalue weighted by atomic mass is 10.3. The van der Waals surface area contributed by atoms with Crippen molar-refractivity contribution in [3.05, 3.63) is 24.3 Å². The molecule has 0 aliphatic heterocycles. The number of carbonyl (C=O) groups is 1. The molecule has 0 radical (unpaired) electrons. The van der Waals surface area contributed by atoms with Crippen molar-refractivity contribution in [2.45, 2.75) is 34.7 Å². The Morgan fingerprint density at radius 1 is 1.38 bits per heavy atom. The second-order valence-corrected chi connectivity index (χ2v) is 8.18. The molecule has 0 bridgehead atoms. The second kappa shape index (κ2) is 6.81. The monoisotopic (exact) mass is 329 g/mol. The Labute approximate surface area is 129 Å². The zero-order valence-electron chi connectivity index (χ0n) is 12.0. The second-order valence-electron chi connectivity index (χ2n) is 5.07. The van der Waals surface area contributed by atoms with Gasteiger partial charge in [0, 0.05) is 22.9 Å². The lowest BCUT2D eigenvalue weighted by Crippen LogP contribution is -2.40. The minimum atomic E-state index is -3.17. The lowest BCUT2D eigenvalue weighted by molar-refractivity contribution is -0.142. The van der Waals surface area contributed by atoms with Crippen LogP contribution in [0, 0.1) is 0 Å². The number of sulfone groups is 1. The molecule has 2 rings (SSSR count). The third kappa shape index (κ3) is 5.01. The highest BCUT2D eigenvalue weighted by Gasteiger charge is 2.28. The highest BCUT2D eigenvalue weighted by molar-refractivity contribution is 7.99. The minimum Gasteiger partial charge on any atom is -0.468 e. The average molecular weight is 329 g/mol. The Morgan fingerprint density at radius 2 is 2.00 bits per heavy atom. The van der Waals surface area contributed by atoms with Gasteiger partial charge in [-0.2, -0.15) is 0 Å². The molecule has 0 aromatic heterocycles. The standard InChI is InChI=1S/C14H19NO4S2/c1-19-14(16)13(15-10-3-4-10)9-20-11-5-7-12(8-6-11)21(2,17)18/h5-8,10,13,15H,3-4,9H2,1-2H3. The average Bonchev–Trinajstić information content (AvgIpc) is 3.26. The van der Waals surface area contributed by atoms with Crippen LogP contribution in [0.1, 0.15) is 12.8 Å². The topological polar surface area (TPSA) is 72.5 Å². The van der Waals surface area contributed by atoms with Gasteiger partial charge in [0.05, 0.1) is 12.0 Å². The molecule has 0 heterocycles. The molecular weight excluding hydrogens is 310 g/mol. The zero-order valence-corrected chi connectivity index (χ0v) is 13.7. The van der Waals surface area contributed by atoms with Crippen LogP contribution in [-0.2, 0) is 19.4 Å². The molecule has 1 aromatic carbocycles. The molecule has 0 amide bonds. The van der Waals surface area contributed by atoms with E-state index in [0.29, 0.717) is 16.7 Å². The van der Waals surface area contributed by atoms with E-state index in [0.717, 1.165) is 17.7 Å². The first-order valence-corrected chi connectivity index (χ1v) is 9.54. The van der Waals surface area contributed by atoms with Crippen molar-refractivity contribution in [2.75, 3.05) is 19.1 Å². The highest BCUT2D eigenvalue weighted by Crippen LogP contribution is 2.24. The molecule has 1 fully saturated rings. The van der Waals surface area contributed by atoms with Crippen LogP contribution < -0.4 is 5.32 Å². The number of thioether (sulfide) groups is 1. The first kappa shape index (κ1) is 16.3. The molecule has 0 spiro atoms. The Kier molecular flexibility index (Phi) is 5.29. The summed E-state index contributed by atoms with van der Waals surface area (Å²) >= 11 is 1.50. The summed E-state index contributed by atoms with van der Waals surface area (Å²) in [4.78, 5) is 12.9. The van der Waals surface area contributed by atoms with Crippen LogP contribution in [0.25, 0.3) is 0 Å². The van der Waals surface area contributed by atoms with E-state index in [9.17, 15) is 13.2 Å². The summed E-state index contributed by atoms with van der Waals surface area (Å²) in [6, 6.07) is 6.77. The SMILES string of the molecule is COC(=O)C(CSc1ccc(S(C)(=O)=O)cc1)NC1CC1. The maximum Gasteiger partial charge on any atom is 0.323 e. The van der Waals surface area contributed by atoms with Gasteiger partial charge in [-0.15, -0.1) is 11.8 Å². The Hall–Kier alpha value is -1.05.